The average molecular weight is 272 g/mol. The molecule has 0 saturated heterocycles. The first-order valence-electron chi connectivity index (χ1n) is 8.22. The van der Waals surface area contributed by atoms with Gasteiger partial charge in [0.25, 0.3) is 0 Å². The van der Waals surface area contributed by atoms with Gasteiger partial charge in [-0.3, -0.25) is 0 Å². The summed E-state index contributed by atoms with van der Waals surface area (Å²) in [5.74, 6) is 2.88. The summed E-state index contributed by atoms with van der Waals surface area (Å²) < 4.78 is 5.83. The van der Waals surface area contributed by atoms with Crippen molar-refractivity contribution < 1.29 is 4.74 Å². The van der Waals surface area contributed by atoms with Crippen LogP contribution in [0.5, 0.6) is 5.75 Å². The highest BCUT2D eigenvalue weighted by atomic mass is 16.5. The predicted octanol–water partition coefficient (Wildman–Crippen LogP) is 5.31. The van der Waals surface area contributed by atoms with E-state index in [1.807, 2.05) is 30.3 Å². The fraction of sp³-hybridized carbons (Fsp3) is 0.684. The van der Waals surface area contributed by atoms with Gasteiger partial charge in [-0.2, -0.15) is 0 Å². The van der Waals surface area contributed by atoms with Gasteiger partial charge in [0.05, 0.1) is 6.61 Å². The van der Waals surface area contributed by atoms with Crippen molar-refractivity contribution in [3.05, 3.63) is 30.3 Å². The Labute approximate surface area is 123 Å². The lowest BCUT2D eigenvalue weighted by molar-refractivity contribution is 0.0937. The molecule has 1 aromatic rings. The van der Waals surface area contributed by atoms with Crippen molar-refractivity contribution in [1.82, 2.24) is 0 Å². The number of hydrogen-bond donors (Lipinski definition) is 0. The molecule has 0 heterocycles. The van der Waals surface area contributed by atoms with E-state index in [1.54, 1.807) is 0 Å². The molecule has 0 spiro atoms. The first-order valence-corrected chi connectivity index (χ1v) is 8.22. The Balaban J connectivity index is 1.49. The van der Waals surface area contributed by atoms with E-state index in [1.165, 1.54) is 32.1 Å². The largest absolute Gasteiger partial charge is 0.494 e. The third-order valence-electron chi connectivity index (χ3n) is 6.68. The van der Waals surface area contributed by atoms with Crippen LogP contribution in [-0.4, -0.2) is 6.61 Å². The van der Waals surface area contributed by atoms with E-state index >= 15 is 0 Å². The second-order valence-corrected chi connectivity index (χ2v) is 7.61. The predicted molar refractivity (Wildman–Crippen MR) is 83.9 cm³/mol. The second-order valence-electron chi connectivity index (χ2n) is 7.61. The lowest BCUT2D eigenvalue weighted by atomic mass is 9.66. The van der Waals surface area contributed by atoms with Crippen LogP contribution in [0.4, 0.5) is 0 Å². The molecule has 0 N–H and O–H groups in total. The summed E-state index contributed by atoms with van der Waals surface area (Å²) in [6.07, 6.45) is 6.88. The molecule has 3 unspecified atom stereocenters. The summed E-state index contributed by atoms with van der Waals surface area (Å²) in [5.41, 5.74) is 1.13. The third-order valence-corrected chi connectivity index (χ3v) is 6.68. The van der Waals surface area contributed by atoms with Crippen molar-refractivity contribution in [2.45, 2.75) is 52.9 Å². The van der Waals surface area contributed by atoms with Gasteiger partial charge in [-0.15, -0.1) is 0 Å². The van der Waals surface area contributed by atoms with Crippen LogP contribution in [-0.2, 0) is 0 Å². The van der Waals surface area contributed by atoms with E-state index in [4.69, 9.17) is 4.74 Å². The summed E-state index contributed by atoms with van der Waals surface area (Å²) in [5, 5.41) is 0. The van der Waals surface area contributed by atoms with Gasteiger partial charge in [0.15, 0.2) is 0 Å². The minimum atomic E-state index is 0.554. The molecule has 1 heteroatoms. The summed E-state index contributed by atoms with van der Waals surface area (Å²) >= 11 is 0. The fourth-order valence-corrected chi connectivity index (χ4v) is 4.84. The lowest BCUT2D eigenvalue weighted by Crippen LogP contribution is -2.32. The number of ether oxygens (including phenoxy) is 1. The molecule has 0 amide bonds. The maximum Gasteiger partial charge on any atom is 0.119 e. The van der Waals surface area contributed by atoms with Crippen LogP contribution in [0.2, 0.25) is 0 Å². The third kappa shape index (κ3) is 2.16. The molecule has 3 atom stereocenters. The van der Waals surface area contributed by atoms with Crippen molar-refractivity contribution in [3.8, 4) is 5.75 Å². The standard InChI is InChI=1S/C19H28O/c1-18(2)15-11-12-19(18,3)16(14-15)8-7-13-20-17-9-5-4-6-10-17/h4-6,9-10,15-16H,7-8,11-14H2,1-3H3. The quantitative estimate of drug-likeness (QED) is 0.660. The Morgan fingerprint density at radius 1 is 1.15 bits per heavy atom. The van der Waals surface area contributed by atoms with Gasteiger partial charge in [0.2, 0.25) is 0 Å². The molecular formula is C19H28O. The number of para-hydroxylation sites is 1. The zero-order valence-corrected chi connectivity index (χ0v) is 13.2. The summed E-state index contributed by atoms with van der Waals surface area (Å²) in [6.45, 7) is 8.42. The molecule has 2 fully saturated rings. The maximum absolute atomic E-state index is 5.83. The van der Waals surface area contributed by atoms with Gasteiger partial charge in [-0.25, -0.2) is 0 Å². The first kappa shape index (κ1) is 14.0. The molecule has 0 aliphatic heterocycles. The average Bonchev–Trinajstić information content (AvgIpc) is 2.78. The highest BCUT2D eigenvalue weighted by molar-refractivity contribution is 5.20. The Morgan fingerprint density at radius 2 is 1.90 bits per heavy atom. The van der Waals surface area contributed by atoms with Gasteiger partial charge in [0, 0.05) is 0 Å². The van der Waals surface area contributed by atoms with Crippen molar-refractivity contribution in [2.75, 3.05) is 6.61 Å². The molecular weight excluding hydrogens is 244 g/mol. The molecule has 20 heavy (non-hydrogen) atoms. The number of hydrogen-bond acceptors (Lipinski definition) is 1. The minimum absolute atomic E-state index is 0.554. The topological polar surface area (TPSA) is 9.23 Å². The highest BCUT2D eigenvalue weighted by Gasteiger charge is 2.60. The Kier molecular flexibility index (Phi) is 3.56. The lowest BCUT2D eigenvalue weighted by Gasteiger charge is -2.39. The molecule has 1 nitrogen and oxygen atoms in total. The van der Waals surface area contributed by atoms with Crippen molar-refractivity contribution in [1.29, 1.82) is 0 Å². The van der Waals surface area contributed by atoms with E-state index in [0.717, 1.165) is 24.2 Å². The number of fused-ring (bicyclic) bond motifs is 2. The second kappa shape index (κ2) is 5.09. The zero-order chi connectivity index (χ0) is 14.2. The molecule has 1 aromatic carbocycles. The molecule has 110 valence electrons. The summed E-state index contributed by atoms with van der Waals surface area (Å²) in [6, 6.07) is 10.2. The molecule has 2 saturated carbocycles. The molecule has 2 aliphatic rings. The molecule has 0 aromatic heterocycles. The molecule has 3 rings (SSSR count). The van der Waals surface area contributed by atoms with Gasteiger partial charge < -0.3 is 4.74 Å². The van der Waals surface area contributed by atoms with Gasteiger partial charge in [0.1, 0.15) is 5.75 Å². The van der Waals surface area contributed by atoms with Crippen molar-refractivity contribution >= 4 is 0 Å². The Bertz CT molecular complexity index is 450. The number of rotatable bonds is 5. The molecule has 2 bridgehead atoms. The highest BCUT2D eigenvalue weighted by Crippen LogP contribution is 2.68. The Hall–Kier alpha value is -0.980. The SMILES string of the molecule is CC1(C)C2CCC1(C)C(CCCOc1ccccc1)C2. The Morgan fingerprint density at radius 3 is 2.50 bits per heavy atom. The van der Waals surface area contributed by atoms with Crippen LogP contribution in [0.3, 0.4) is 0 Å². The van der Waals surface area contributed by atoms with Crippen LogP contribution >= 0.6 is 0 Å². The van der Waals surface area contributed by atoms with Crippen molar-refractivity contribution in [3.63, 3.8) is 0 Å². The van der Waals surface area contributed by atoms with Crippen LogP contribution < -0.4 is 4.74 Å². The van der Waals surface area contributed by atoms with E-state index in [-0.39, 0.29) is 0 Å². The van der Waals surface area contributed by atoms with E-state index in [0.29, 0.717) is 10.8 Å². The van der Waals surface area contributed by atoms with Crippen LogP contribution in [0.1, 0.15) is 52.9 Å². The normalized spacial score (nSPS) is 34.4. The first-order chi connectivity index (χ1) is 9.54. The fourth-order valence-electron chi connectivity index (χ4n) is 4.84. The summed E-state index contributed by atoms with van der Waals surface area (Å²) in [4.78, 5) is 0. The number of benzene rings is 1. The molecule has 2 aliphatic carbocycles. The van der Waals surface area contributed by atoms with E-state index in [2.05, 4.69) is 20.8 Å². The summed E-state index contributed by atoms with van der Waals surface area (Å²) in [7, 11) is 0. The van der Waals surface area contributed by atoms with Gasteiger partial charge in [-0.1, -0.05) is 39.0 Å². The van der Waals surface area contributed by atoms with Crippen LogP contribution in [0.25, 0.3) is 0 Å². The minimum Gasteiger partial charge on any atom is -0.494 e. The maximum atomic E-state index is 5.83. The van der Waals surface area contributed by atoms with Crippen molar-refractivity contribution in [2.24, 2.45) is 22.7 Å². The van der Waals surface area contributed by atoms with E-state index < -0.39 is 0 Å². The van der Waals surface area contributed by atoms with E-state index in [9.17, 15) is 0 Å². The van der Waals surface area contributed by atoms with Crippen LogP contribution in [0.15, 0.2) is 30.3 Å². The van der Waals surface area contributed by atoms with Gasteiger partial charge in [-0.05, 0) is 66.9 Å². The van der Waals surface area contributed by atoms with Crippen LogP contribution in [0, 0.1) is 22.7 Å². The smallest absolute Gasteiger partial charge is 0.119 e. The monoisotopic (exact) mass is 272 g/mol. The van der Waals surface area contributed by atoms with Gasteiger partial charge >= 0.3 is 0 Å². The molecule has 0 radical (unpaired) electrons. The zero-order valence-electron chi connectivity index (χ0n) is 13.2.